The topological polar surface area (TPSA) is 9.23 Å². The minimum absolute atomic E-state index is 0.00332. The van der Waals surface area contributed by atoms with E-state index in [1.165, 1.54) is 23.5 Å². The molecule has 1 nitrogen and oxygen atoms in total. The minimum atomic E-state index is -0.610. The quantitative estimate of drug-likeness (QED) is 0.610. The van der Waals surface area contributed by atoms with Crippen LogP contribution in [0.3, 0.4) is 0 Å². The Morgan fingerprint density at radius 3 is 2.27 bits per heavy atom. The number of thiophene rings is 1. The molecule has 0 radical (unpaired) electrons. The van der Waals surface area contributed by atoms with E-state index in [-0.39, 0.29) is 17.9 Å². The fraction of sp³-hybridized carbons (Fsp3) is 0.111. The molecule has 0 saturated heterocycles. The number of rotatable bonds is 4. The summed E-state index contributed by atoms with van der Waals surface area (Å²) < 4.78 is 33.9. The molecule has 2 aromatic carbocycles. The highest BCUT2D eigenvalue weighted by molar-refractivity contribution is 7.10. The molecule has 0 amide bonds. The maximum atomic E-state index is 14.2. The van der Waals surface area contributed by atoms with Gasteiger partial charge in [-0.25, -0.2) is 8.78 Å². The summed E-state index contributed by atoms with van der Waals surface area (Å²) in [6.07, 6.45) is 0. The van der Waals surface area contributed by atoms with Crippen molar-refractivity contribution in [1.29, 1.82) is 0 Å². The molecule has 0 bridgehead atoms. The van der Waals surface area contributed by atoms with E-state index in [1.807, 2.05) is 37.3 Å². The van der Waals surface area contributed by atoms with Crippen molar-refractivity contribution in [3.05, 3.63) is 76.0 Å². The maximum Gasteiger partial charge on any atom is 0.137 e. The Hall–Kier alpha value is -2.20. The van der Waals surface area contributed by atoms with Crippen LogP contribution in [0.25, 0.3) is 11.1 Å². The monoisotopic (exact) mass is 316 g/mol. The Morgan fingerprint density at radius 1 is 1.00 bits per heavy atom. The van der Waals surface area contributed by atoms with Gasteiger partial charge in [-0.3, -0.25) is 0 Å². The van der Waals surface area contributed by atoms with Crippen molar-refractivity contribution in [2.24, 2.45) is 0 Å². The van der Waals surface area contributed by atoms with Crippen molar-refractivity contribution in [2.75, 3.05) is 0 Å². The number of hydrogen-bond donors (Lipinski definition) is 0. The third-order valence-electron chi connectivity index (χ3n) is 3.28. The summed E-state index contributed by atoms with van der Waals surface area (Å²) in [7, 11) is 0. The first kappa shape index (κ1) is 14.7. The van der Waals surface area contributed by atoms with Gasteiger partial charge in [0.2, 0.25) is 0 Å². The molecule has 0 N–H and O–H groups in total. The third-order valence-corrected chi connectivity index (χ3v) is 4.14. The van der Waals surface area contributed by atoms with Gasteiger partial charge in [-0.2, -0.15) is 0 Å². The zero-order chi connectivity index (χ0) is 15.5. The number of ether oxygens (including phenoxy) is 1. The molecule has 0 aliphatic heterocycles. The summed E-state index contributed by atoms with van der Waals surface area (Å²) in [4.78, 5) is 1.01. The van der Waals surface area contributed by atoms with E-state index in [9.17, 15) is 8.78 Å². The smallest absolute Gasteiger partial charge is 0.137 e. The zero-order valence-electron chi connectivity index (χ0n) is 12.0. The molecule has 0 atom stereocenters. The van der Waals surface area contributed by atoms with Crippen LogP contribution in [0.2, 0.25) is 0 Å². The highest BCUT2D eigenvalue weighted by Gasteiger charge is 2.15. The second-order valence-corrected chi connectivity index (χ2v) is 6.10. The van der Waals surface area contributed by atoms with Gasteiger partial charge < -0.3 is 4.74 Å². The molecule has 0 aliphatic rings. The molecule has 1 aromatic heterocycles. The largest absolute Gasteiger partial charge is 0.489 e. The van der Waals surface area contributed by atoms with Gasteiger partial charge in [-0.15, -0.1) is 11.3 Å². The predicted molar refractivity (Wildman–Crippen MR) is 85.2 cm³/mol. The average molecular weight is 316 g/mol. The number of hydrogen-bond acceptors (Lipinski definition) is 2. The summed E-state index contributed by atoms with van der Waals surface area (Å²) in [5.41, 5.74) is 1.50. The molecule has 3 rings (SSSR count). The van der Waals surface area contributed by atoms with E-state index in [4.69, 9.17) is 4.74 Å². The summed E-state index contributed by atoms with van der Waals surface area (Å²) in [6, 6.07) is 13.7. The Kier molecular flexibility index (Phi) is 4.20. The van der Waals surface area contributed by atoms with Gasteiger partial charge in [0.25, 0.3) is 0 Å². The van der Waals surface area contributed by atoms with Crippen molar-refractivity contribution >= 4 is 11.3 Å². The Morgan fingerprint density at radius 2 is 1.68 bits per heavy atom. The van der Waals surface area contributed by atoms with Crippen LogP contribution >= 0.6 is 11.3 Å². The second kappa shape index (κ2) is 6.28. The number of aryl methyl sites for hydroxylation is 1. The highest BCUT2D eigenvalue weighted by Crippen LogP contribution is 2.32. The van der Waals surface area contributed by atoms with Crippen LogP contribution in [0.4, 0.5) is 8.78 Å². The van der Waals surface area contributed by atoms with Crippen LogP contribution in [0.15, 0.2) is 53.9 Å². The van der Waals surface area contributed by atoms with Crippen LogP contribution in [-0.2, 0) is 6.61 Å². The van der Waals surface area contributed by atoms with Crippen LogP contribution in [-0.4, -0.2) is 0 Å². The van der Waals surface area contributed by atoms with Crippen LogP contribution in [0.1, 0.15) is 10.4 Å². The third kappa shape index (κ3) is 3.17. The molecular weight excluding hydrogens is 302 g/mol. The van der Waals surface area contributed by atoms with Crippen molar-refractivity contribution in [3.63, 3.8) is 0 Å². The van der Waals surface area contributed by atoms with Crippen molar-refractivity contribution in [2.45, 2.75) is 13.5 Å². The van der Waals surface area contributed by atoms with Gasteiger partial charge in [0.1, 0.15) is 24.0 Å². The average Bonchev–Trinajstić information content (AvgIpc) is 2.92. The van der Waals surface area contributed by atoms with Crippen LogP contribution in [0.5, 0.6) is 5.75 Å². The maximum absolute atomic E-state index is 14.2. The first-order valence-electron chi connectivity index (χ1n) is 6.85. The molecule has 0 spiro atoms. The summed E-state index contributed by atoms with van der Waals surface area (Å²) >= 11 is 1.46. The van der Waals surface area contributed by atoms with Crippen molar-refractivity contribution in [1.82, 2.24) is 0 Å². The first-order valence-corrected chi connectivity index (χ1v) is 7.73. The van der Waals surface area contributed by atoms with Gasteiger partial charge in [0.05, 0.1) is 5.56 Å². The minimum Gasteiger partial charge on any atom is -0.489 e. The lowest BCUT2D eigenvalue weighted by Gasteiger charge is -2.09. The molecule has 1 heterocycles. The highest BCUT2D eigenvalue weighted by atomic mass is 32.1. The van der Waals surface area contributed by atoms with E-state index in [0.29, 0.717) is 5.56 Å². The molecule has 0 saturated carbocycles. The Balaban J connectivity index is 1.83. The summed E-state index contributed by atoms with van der Waals surface area (Å²) in [5.74, 6) is -1.03. The lowest BCUT2D eigenvalue weighted by molar-refractivity contribution is 0.303. The van der Waals surface area contributed by atoms with Gasteiger partial charge in [-0.05, 0) is 29.5 Å². The predicted octanol–water partition coefficient (Wildman–Crippen LogP) is 5.58. The lowest BCUT2D eigenvalue weighted by Crippen LogP contribution is -1.98. The lowest BCUT2D eigenvalue weighted by atomic mass is 10.1. The van der Waals surface area contributed by atoms with Gasteiger partial charge >= 0.3 is 0 Å². The van der Waals surface area contributed by atoms with E-state index >= 15 is 0 Å². The van der Waals surface area contributed by atoms with E-state index < -0.39 is 11.6 Å². The van der Waals surface area contributed by atoms with Gasteiger partial charge in [0, 0.05) is 17.0 Å². The number of benzene rings is 2. The van der Waals surface area contributed by atoms with Crippen LogP contribution in [0, 0.1) is 18.6 Å². The van der Waals surface area contributed by atoms with E-state index in [0.717, 1.165) is 10.4 Å². The molecule has 3 aromatic rings. The van der Waals surface area contributed by atoms with Gasteiger partial charge in [-0.1, -0.05) is 30.3 Å². The second-order valence-electron chi connectivity index (χ2n) is 4.98. The first-order chi connectivity index (χ1) is 10.6. The zero-order valence-corrected chi connectivity index (χ0v) is 12.8. The summed E-state index contributed by atoms with van der Waals surface area (Å²) in [5, 5.41) is 1.75. The molecule has 0 aliphatic carbocycles. The molecular formula is C18H14F2OS. The van der Waals surface area contributed by atoms with Crippen molar-refractivity contribution in [3.8, 4) is 16.9 Å². The van der Waals surface area contributed by atoms with E-state index in [2.05, 4.69) is 0 Å². The normalized spacial score (nSPS) is 10.7. The molecule has 0 fully saturated rings. The fourth-order valence-electron chi connectivity index (χ4n) is 2.22. The molecule has 22 heavy (non-hydrogen) atoms. The molecule has 112 valence electrons. The molecule has 0 unspecified atom stereocenters. The Bertz CT molecular complexity index is 758. The fourth-order valence-corrected chi connectivity index (χ4v) is 2.92. The standard InChI is InChI=1S/C18H14F2OS/c1-12-7-14(11-22-12)18-16(19)8-15(9-17(18)20)21-10-13-5-3-2-4-6-13/h2-9,11H,10H2,1H3. The summed E-state index contributed by atoms with van der Waals surface area (Å²) in [6.45, 7) is 2.18. The number of halogens is 2. The van der Waals surface area contributed by atoms with Crippen molar-refractivity contribution < 1.29 is 13.5 Å². The van der Waals surface area contributed by atoms with Gasteiger partial charge in [0.15, 0.2) is 0 Å². The van der Waals surface area contributed by atoms with Crippen LogP contribution < -0.4 is 4.74 Å². The van der Waals surface area contributed by atoms with E-state index in [1.54, 1.807) is 11.4 Å². The SMILES string of the molecule is Cc1cc(-c2c(F)cc(OCc3ccccc3)cc2F)cs1. The molecule has 4 heteroatoms. The Labute approximate surface area is 131 Å².